The molecular weight excluding hydrogens is 269 g/mol. The zero-order valence-electron chi connectivity index (χ0n) is 13.3. The summed E-state index contributed by atoms with van der Waals surface area (Å²) in [6, 6.07) is 0. The van der Waals surface area contributed by atoms with Crippen molar-refractivity contribution in [2.45, 2.75) is 45.0 Å². The highest BCUT2D eigenvalue weighted by atomic mass is 16.7. The molecule has 0 radical (unpaired) electrons. The Hall–Kier alpha value is -1.18. The molecule has 6 nitrogen and oxygen atoms in total. The monoisotopic (exact) mass is 291 g/mol. The number of rotatable bonds is 3. The molecule has 0 saturated carbocycles. The third-order valence-electron chi connectivity index (χ3n) is 4.65. The lowest BCUT2D eigenvalue weighted by atomic mass is 9.81. The number of methoxy groups -OCH3 is 1. The van der Waals surface area contributed by atoms with Gasteiger partial charge in [0.25, 0.3) is 0 Å². The summed E-state index contributed by atoms with van der Waals surface area (Å²) < 4.78 is 17.2. The molecule has 0 spiro atoms. The Bertz CT molecular complexity index is 499. The topological polar surface area (TPSA) is 56.7 Å². The van der Waals surface area contributed by atoms with Crippen molar-refractivity contribution in [1.29, 1.82) is 0 Å². The van der Waals surface area contributed by atoms with Gasteiger partial charge in [0.1, 0.15) is 0 Å². The Morgan fingerprint density at radius 3 is 2.14 bits per heavy atom. The molecule has 2 aliphatic heterocycles. The van der Waals surface area contributed by atoms with Crippen molar-refractivity contribution >= 4 is 18.5 Å². The van der Waals surface area contributed by atoms with Crippen LogP contribution < -0.4 is 10.4 Å². The van der Waals surface area contributed by atoms with Crippen LogP contribution in [0.25, 0.3) is 0 Å². The number of nitrogens with zero attached hydrogens (tertiary/aromatic N) is 3. The second-order valence-electron chi connectivity index (χ2n) is 6.67. The van der Waals surface area contributed by atoms with Crippen LogP contribution in [0.1, 0.15) is 27.7 Å². The average Bonchev–Trinajstić information content (AvgIpc) is 2.58. The zero-order chi connectivity index (χ0) is 15.3. The summed E-state index contributed by atoms with van der Waals surface area (Å²) in [5.41, 5.74) is 0.153. The molecule has 21 heavy (non-hydrogen) atoms. The van der Waals surface area contributed by atoms with Gasteiger partial charge in [-0.3, -0.25) is 0 Å². The van der Waals surface area contributed by atoms with Crippen LogP contribution in [-0.4, -0.2) is 54.6 Å². The molecule has 0 N–H and O–H groups in total. The van der Waals surface area contributed by atoms with Gasteiger partial charge >= 0.3 is 7.12 Å². The van der Waals surface area contributed by atoms with E-state index in [1.54, 1.807) is 19.5 Å². The number of hydrogen-bond donors (Lipinski definition) is 0. The lowest BCUT2D eigenvalue weighted by molar-refractivity contribution is 0.00578. The van der Waals surface area contributed by atoms with E-state index >= 15 is 0 Å². The summed E-state index contributed by atoms with van der Waals surface area (Å²) in [6.45, 7) is 9.82. The van der Waals surface area contributed by atoms with Crippen LogP contribution in [0.15, 0.2) is 12.4 Å². The summed E-state index contributed by atoms with van der Waals surface area (Å²) in [5.74, 6) is 0.726. The number of hydrogen-bond acceptors (Lipinski definition) is 6. The van der Waals surface area contributed by atoms with Crippen molar-refractivity contribution in [3.05, 3.63) is 12.4 Å². The molecule has 0 aliphatic carbocycles. The molecule has 2 aliphatic rings. The van der Waals surface area contributed by atoms with Gasteiger partial charge in [-0.15, -0.1) is 0 Å². The van der Waals surface area contributed by atoms with Crippen LogP contribution in [0, 0.1) is 0 Å². The molecule has 1 aromatic heterocycles. The quantitative estimate of drug-likeness (QED) is 0.761. The fourth-order valence-electron chi connectivity index (χ4n) is 2.35. The fraction of sp³-hybridized carbons (Fsp3) is 0.714. The Labute approximate surface area is 126 Å². The van der Waals surface area contributed by atoms with Crippen molar-refractivity contribution in [1.82, 2.24) is 9.97 Å². The first kappa shape index (κ1) is 14.7. The lowest BCUT2D eigenvalue weighted by Crippen LogP contribution is -2.52. The summed E-state index contributed by atoms with van der Waals surface area (Å²) in [5, 5.41) is 0. The molecule has 114 valence electrons. The SMILES string of the molecule is COC1CN(c2ncc(B3OC(C)(C)C(C)(C)O3)cn2)C1. The van der Waals surface area contributed by atoms with E-state index in [1.807, 2.05) is 27.7 Å². The highest BCUT2D eigenvalue weighted by Gasteiger charge is 2.52. The average molecular weight is 291 g/mol. The number of ether oxygens (including phenoxy) is 1. The van der Waals surface area contributed by atoms with Gasteiger partial charge in [-0.05, 0) is 27.7 Å². The van der Waals surface area contributed by atoms with Gasteiger partial charge in [-0.25, -0.2) is 9.97 Å². The van der Waals surface area contributed by atoms with Crippen LogP contribution in [0.5, 0.6) is 0 Å². The summed E-state index contributed by atoms with van der Waals surface area (Å²) in [6.07, 6.45) is 3.85. The van der Waals surface area contributed by atoms with E-state index in [0.717, 1.165) is 24.5 Å². The summed E-state index contributed by atoms with van der Waals surface area (Å²) >= 11 is 0. The summed E-state index contributed by atoms with van der Waals surface area (Å²) in [4.78, 5) is 10.9. The Morgan fingerprint density at radius 1 is 1.14 bits per heavy atom. The van der Waals surface area contributed by atoms with Crippen molar-refractivity contribution in [3.8, 4) is 0 Å². The normalized spacial score (nSPS) is 24.2. The van der Waals surface area contributed by atoms with Crippen molar-refractivity contribution in [2.75, 3.05) is 25.1 Å². The van der Waals surface area contributed by atoms with Crippen molar-refractivity contribution < 1.29 is 14.0 Å². The minimum Gasteiger partial charge on any atom is -0.399 e. The maximum Gasteiger partial charge on any atom is 0.498 e. The molecule has 2 fully saturated rings. The van der Waals surface area contributed by atoms with Crippen molar-refractivity contribution in [2.24, 2.45) is 0 Å². The van der Waals surface area contributed by atoms with Gasteiger partial charge in [0.15, 0.2) is 0 Å². The first-order chi connectivity index (χ1) is 9.82. The van der Waals surface area contributed by atoms with Gasteiger partial charge < -0.3 is 18.9 Å². The molecule has 0 amide bonds. The third-order valence-corrected chi connectivity index (χ3v) is 4.65. The zero-order valence-corrected chi connectivity index (χ0v) is 13.3. The fourth-order valence-corrected chi connectivity index (χ4v) is 2.35. The Balaban J connectivity index is 1.68. The van der Waals surface area contributed by atoms with E-state index in [1.165, 1.54) is 0 Å². The first-order valence-corrected chi connectivity index (χ1v) is 7.28. The molecule has 7 heteroatoms. The maximum atomic E-state index is 5.99. The van der Waals surface area contributed by atoms with Gasteiger partial charge in [0.05, 0.1) is 17.3 Å². The van der Waals surface area contributed by atoms with E-state index in [4.69, 9.17) is 14.0 Å². The Morgan fingerprint density at radius 2 is 1.67 bits per heavy atom. The van der Waals surface area contributed by atoms with Crippen LogP contribution in [-0.2, 0) is 14.0 Å². The van der Waals surface area contributed by atoms with E-state index in [2.05, 4.69) is 14.9 Å². The molecule has 0 bridgehead atoms. The van der Waals surface area contributed by atoms with Gasteiger partial charge in [0.2, 0.25) is 5.95 Å². The molecule has 1 aromatic rings. The predicted molar refractivity (Wildman–Crippen MR) is 80.8 cm³/mol. The smallest absolute Gasteiger partial charge is 0.399 e. The first-order valence-electron chi connectivity index (χ1n) is 7.28. The highest BCUT2D eigenvalue weighted by molar-refractivity contribution is 6.61. The number of anilines is 1. The van der Waals surface area contributed by atoms with Crippen LogP contribution in [0.3, 0.4) is 0 Å². The van der Waals surface area contributed by atoms with E-state index in [-0.39, 0.29) is 17.3 Å². The van der Waals surface area contributed by atoms with Crippen LogP contribution in [0.4, 0.5) is 5.95 Å². The number of aromatic nitrogens is 2. The molecule has 3 rings (SSSR count). The predicted octanol–water partition coefficient (Wildman–Crippen LogP) is 0.611. The Kier molecular flexibility index (Phi) is 3.46. The van der Waals surface area contributed by atoms with Gasteiger partial charge in [-0.1, -0.05) is 0 Å². The van der Waals surface area contributed by atoms with E-state index in [9.17, 15) is 0 Å². The maximum absolute atomic E-state index is 5.99. The van der Waals surface area contributed by atoms with Crippen LogP contribution in [0.2, 0.25) is 0 Å². The third kappa shape index (κ3) is 2.54. The molecule has 0 unspecified atom stereocenters. The second kappa shape index (κ2) is 4.93. The molecule has 2 saturated heterocycles. The molecular formula is C14H22BN3O3. The van der Waals surface area contributed by atoms with Crippen molar-refractivity contribution in [3.63, 3.8) is 0 Å². The lowest BCUT2D eigenvalue weighted by Gasteiger charge is -2.37. The van der Waals surface area contributed by atoms with Gasteiger partial charge in [0, 0.05) is 38.1 Å². The highest BCUT2D eigenvalue weighted by Crippen LogP contribution is 2.36. The standard InChI is InChI=1S/C14H22BN3O3/c1-13(2)14(3,4)21-15(20-13)10-6-16-12(17-7-10)18-8-11(9-18)19-5/h6-7,11H,8-9H2,1-5H3. The minimum absolute atomic E-state index is 0.288. The van der Waals surface area contributed by atoms with E-state index < -0.39 is 7.12 Å². The van der Waals surface area contributed by atoms with Crippen LogP contribution >= 0.6 is 0 Å². The largest absolute Gasteiger partial charge is 0.498 e. The molecule has 0 aromatic carbocycles. The molecule has 3 heterocycles. The summed E-state index contributed by atoms with van der Waals surface area (Å²) in [7, 11) is 1.32. The van der Waals surface area contributed by atoms with E-state index in [0.29, 0.717) is 0 Å². The minimum atomic E-state index is -0.410. The van der Waals surface area contributed by atoms with Gasteiger partial charge in [-0.2, -0.15) is 0 Å². The molecule has 0 atom stereocenters. The second-order valence-corrected chi connectivity index (χ2v) is 6.67.